The summed E-state index contributed by atoms with van der Waals surface area (Å²) in [5.41, 5.74) is 7.40. The summed E-state index contributed by atoms with van der Waals surface area (Å²) in [5, 5.41) is 9.15. The van der Waals surface area contributed by atoms with Gasteiger partial charge in [0.1, 0.15) is 5.75 Å². The fraction of sp³-hybridized carbons (Fsp3) is 0.143. The Hall–Kier alpha value is -1.94. The van der Waals surface area contributed by atoms with Crippen LogP contribution in [0.1, 0.15) is 17.2 Å². The molecule has 2 nitrogen and oxygen atoms in total. The Morgan fingerprint density at radius 1 is 1.00 bits per heavy atom. The van der Waals surface area contributed by atoms with Gasteiger partial charge in [-0.3, -0.25) is 0 Å². The molecule has 3 N–H and O–H groups in total. The maximum Gasteiger partial charge on any atom is 0.159 e. The van der Waals surface area contributed by atoms with Crippen LogP contribution in [0.2, 0.25) is 0 Å². The quantitative estimate of drug-likeness (QED) is 0.878. The SMILES string of the molecule is NC(Cc1ccc(O)cc1)c1ccc(F)c(F)c1. The number of aromatic hydroxyl groups is 1. The van der Waals surface area contributed by atoms with Crippen LogP contribution in [0.15, 0.2) is 42.5 Å². The molecule has 2 rings (SSSR count). The van der Waals surface area contributed by atoms with Gasteiger partial charge in [0.25, 0.3) is 0 Å². The molecule has 0 spiro atoms. The average molecular weight is 249 g/mol. The van der Waals surface area contributed by atoms with Crippen LogP contribution in [-0.4, -0.2) is 5.11 Å². The normalized spacial score (nSPS) is 12.4. The van der Waals surface area contributed by atoms with Crippen molar-refractivity contribution < 1.29 is 13.9 Å². The highest BCUT2D eigenvalue weighted by molar-refractivity contribution is 5.28. The van der Waals surface area contributed by atoms with Crippen LogP contribution in [-0.2, 0) is 6.42 Å². The summed E-state index contributed by atoms with van der Waals surface area (Å²) in [5.74, 6) is -1.59. The first-order valence-corrected chi connectivity index (χ1v) is 5.54. The van der Waals surface area contributed by atoms with Gasteiger partial charge in [-0.15, -0.1) is 0 Å². The van der Waals surface area contributed by atoms with E-state index in [9.17, 15) is 8.78 Å². The lowest BCUT2D eigenvalue weighted by Crippen LogP contribution is -2.13. The summed E-state index contributed by atoms with van der Waals surface area (Å²) in [4.78, 5) is 0. The van der Waals surface area contributed by atoms with Crippen LogP contribution in [0, 0.1) is 11.6 Å². The predicted octanol–water partition coefficient (Wildman–Crippen LogP) is 2.91. The Labute approximate surface area is 104 Å². The molecule has 0 aliphatic rings. The molecular weight excluding hydrogens is 236 g/mol. The topological polar surface area (TPSA) is 46.2 Å². The minimum Gasteiger partial charge on any atom is -0.508 e. The number of rotatable bonds is 3. The van der Waals surface area contributed by atoms with Crippen molar-refractivity contribution in [3.63, 3.8) is 0 Å². The second-order valence-corrected chi connectivity index (χ2v) is 4.15. The summed E-state index contributed by atoms with van der Waals surface area (Å²) >= 11 is 0. The highest BCUT2D eigenvalue weighted by Gasteiger charge is 2.10. The lowest BCUT2D eigenvalue weighted by atomic mass is 9.99. The van der Waals surface area contributed by atoms with Gasteiger partial charge in [0, 0.05) is 6.04 Å². The molecule has 0 bridgehead atoms. The highest BCUT2D eigenvalue weighted by Crippen LogP contribution is 2.19. The van der Waals surface area contributed by atoms with E-state index >= 15 is 0 Å². The molecule has 2 aromatic carbocycles. The van der Waals surface area contributed by atoms with E-state index in [0.29, 0.717) is 12.0 Å². The number of hydrogen-bond donors (Lipinski definition) is 2. The van der Waals surface area contributed by atoms with E-state index < -0.39 is 17.7 Å². The molecule has 0 aliphatic carbocycles. The van der Waals surface area contributed by atoms with Crippen LogP contribution in [0.3, 0.4) is 0 Å². The monoisotopic (exact) mass is 249 g/mol. The largest absolute Gasteiger partial charge is 0.508 e. The molecular formula is C14H13F2NO. The van der Waals surface area contributed by atoms with E-state index in [4.69, 9.17) is 10.8 Å². The lowest BCUT2D eigenvalue weighted by molar-refractivity contribution is 0.475. The number of hydrogen-bond acceptors (Lipinski definition) is 2. The van der Waals surface area contributed by atoms with Gasteiger partial charge in [-0.05, 0) is 41.8 Å². The minimum atomic E-state index is -0.895. The lowest BCUT2D eigenvalue weighted by Gasteiger charge is -2.12. The summed E-state index contributed by atoms with van der Waals surface area (Å²) in [6, 6.07) is 9.86. The molecule has 0 saturated heterocycles. The van der Waals surface area contributed by atoms with Gasteiger partial charge in [-0.1, -0.05) is 18.2 Å². The maximum absolute atomic E-state index is 13.1. The van der Waals surface area contributed by atoms with Gasteiger partial charge in [0.15, 0.2) is 11.6 Å². The Morgan fingerprint density at radius 3 is 2.28 bits per heavy atom. The average Bonchev–Trinajstić information content (AvgIpc) is 2.35. The van der Waals surface area contributed by atoms with Crippen molar-refractivity contribution in [2.45, 2.75) is 12.5 Å². The molecule has 1 unspecified atom stereocenters. The third kappa shape index (κ3) is 2.84. The number of benzene rings is 2. The summed E-state index contributed by atoms with van der Waals surface area (Å²) in [6.45, 7) is 0. The van der Waals surface area contributed by atoms with Crippen LogP contribution in [0.4, 0.5) is 8.78 Å². The van der Waals surface area contributed by atoms with Crippen molar-refractivity contribution in [3.8, 4) is 5.75 Å². The number of phenolic OH excluding ortho intramolecular Hbond substituents is 1. The first kappa shape index (κ1) is 12.5. The molecule has 0 heterocycles. The highest BCUT2D eigenvalue weighted by atomic mass is 19.2. The molecule has 2 aromatic rings. The van der Waals surface area contributed by atoms with Crippen molar-refractivity contribution >= 4 is 0 Å². The standard InChI is InChI=1S/C14H13F2NO/c15-12-6-3-10(8-13(12)16)14(17)7-9-1-4-11(18)5-2-9/h1-6,8,14,18H,7,17H2. The van der Waals surface area contributed by atoms with Crippen molar-refractivity contribution in [1.29, 1.82) is 0 Å². The van der Waals surface area contributed by atoms with E-state index in [1.54, 1.807) is 24.3 Å². The second kappa shape index (κ2) is 5.14. The molecule has 0 aromatic heterocycles. The molecule has 0 amide bonds. The van der Waals surface area contributed by atoms with Crippen LogP contribution < -0.4 is 5.73 Å². The van der Waals surface area contributed by atoms with E-state index in [0.717, 1.165) is 17.7 Å². The van der Waals surface area contributed by atoms with Crippen molar-refractivity contribution in [2.24, 2.45) is 5.73 Å². The Kier molecular flexibility index (Phi) is 3.58. The van der Waals surface area contributed by atoms with Gasteiger partial charge >= 0.3 is 0 Å². The van der Waals surface area contributed by atoms with E-state index in [1.165, 1.54) is 6.07 Å². The first-order chi connectivity index (χ1) is 8.56. The maximum atomic E-state index is 13.1. The van der Waals surface area contributed by atoms with Crippen molar-refractivity contribution in [1.82, 2.24) is 0 Å². The molecule has 0 saturated carbocycles. The van der Waals surface area contributed by atoms with E-state index in [1.807, 2.05) is 0 Å². The molecule has 94 valence electrons. The Balaban J connectivity index is 2.13. The number of nitrogens with two attached hydrogens (primary N) is 1. The van der Waals surface area contributed by atoms with Crippen LogP contribution >= 0.6 is 0 Å². The molecule has 0 fully saturated rings. The summed E-state index contributed by atoms with van der Waals surface area (Å²) < 4.78 is 25.9. The molecule has 0 aliphatic heterocycles. The number of halogens is 2. The zero-order chi connectivity index (χ0) is 13.1. The van der Waals surface area contributed by atoms with Gasteiger partial charge in [-0.25, -0.2) is 8.78 Å². The molecule has 18 heavy (non-hydrogen) atoms. The van der Waals surface area contributed by atoms with Gasteiger partial charge in [0.2, 0.25) is 0 Å². The van der Waals surface area contributed by atoms with E-state index in [2.05, 4.69) is 0 Å². The minimum absolute atomic E-state index is 0.181. The Morgan fingerprint density at radius 2 is 1.67 bits per heavy atom. The van der Waals surface area contributed by atoms with E-state index in [-0.39, 0.29) is 5.75 Å². The summed E-state index contributed by atoms with van der Waals surface area (Å²) in [6.07, 6.45) is 0.491. The fourth-order valence-corrected chi connectivity index (χ4v) is 1.75. The van der Waals surface area contributed by atoms with Gasteiger partial charge in [0.05, 0.1) is 0 Å². The zero-order valence-electron chi connectivity index (χ0n) is 9.61. The predicted molar refractivity (Wildman–Crippen MR) is 65.1 cm³/mol. The Bertz CT molecular complexity index is 540. The first-order valence-electron chi connectivity index (χ1n) is 5.54. The van der Waals surface area contributed by atoms with Crippen LogP contribution in [0.25, 0.3) is 0 Å². The smallest absolute Gasteiger partial charge is 0.159 e. The number of phenols is 1. The van der Waals surface area contributed by atoms with Gasteiger partial charge in [-0.2, -0.15) is 0 Å². The molecule has 0 radical (unpaired) electrons. The third-order valence-electron chi connectivity index (χ3n) is 2.76. The van der Waals surface area contributed by atoms with Crippen molar-refractivity contribution in [2.75, 3.05) is 0 Å². The van der Waals surface area contributed by atoms with Crippen LogP contribution in [0.5, 0.6) is 5.75 Å². The molecule has 1 atom stereocenters. The zero-order valence-corrected chi connectivity index (χ0v) is 9.61. The summed E-state index contributed by atoms with van der Waals surface area (Å²) in [7, 11) is 0. The van der Waals surface area contributed by atoms with Gasteiger partial charge < -0.3 is 10.8 Å². The molecule has 4 heteroatoms. The fourth-order valence-electron chi connectivity index (χ4n) is 1.75. The third-order valence-corrected chi connectivity index (χ3v) is 2.76. The second-order valence-electron chi connectivity index (χ2n) is 4.15. The van der Waals surface area contributed by atoms with Crippen molar-refractivity contribution in [3.05, 3.63) is 65.2 Å².